The number of thioether (sulfide) groups is 1. The number of fused-ring (bicyclic) bond motifs is 1. The summed E-state index contributed by atoms with van der Waals surface area (Å²) in [5.74, 6) is 1.90. The lowest BCUT2D eigenvalue weighted by Gasteiger charge is -2.06. The van der Waals surface area contributed by atoms with Crippen LogP contribution >= 0.6 is 23.4 Å². The molecular weight excluding hydrogens is 280 g/mol. The third kappa shape index (κ3) is 3.09. The van der Waals surface area contributed by atoms with Gasteiger partial charge in [0.15, 0.2) is 5.16 Å². The maximum absolute atomic E-state index is 5.89. The van der Waals surface area contributed by atoms with Crippen LogP contribution < -0.4 is 0 Å². The number of rotatable bonds is 3. The van der Waals surface area contributed by atoms with E-state index in [9.17, 15) is 0 Å². The standard InChI is InChI=1S/C13H15ClN4S/c14-11-6-4-5-10(15-11)9-19-13-17-16-12-7-2-1-3-8-18(12)13/h4-6H,1-3,7-9H2. The van der Waals surface area contributed by atoms with Crippen molar-refractivity contribution in [2.45, 2.75) is 43.1 Å². The fourth-order valence-corrected chi connectivity index (χ4v) is 3.30. The topological polar surface area (TPSA) is 43.6 Å². The third-order valence-corrected chi connectivity index (χ3v) is 4.41. The van der Waals surface area contributed by atoms with Crippen molar-refractivity contribution < 1.29 is 0 Å². The first-order chi connectivity index (χ1) is 9.33. The molecule has 19 heavy (non-hydrogen) atoms. The molecule has 4 nitrogen and oxygen atoms in total. The second-order valence-electron chi connectivity index (χ2n) is 4.60. The summed E-state index contributed by atoms with van der Waals surface area (Å²) in [5.41, 5.74) is 0.975. The Kier molecular flexibility index (Phi) is 4.03. The van der Waals surface area contributed by atoms with E-state index in [4.69, 9.17) is 11.6 Å². The van der Waals surface area contributed by atoms with E-state index in [1.807, 2.05) is 12.1 Å². The van der Waals surface area contributed by atoms with Gasteiger partial charge in [0.2, 0.25) is 0 Å². The first-order valence-electron chi connectivity index (χ1n) is 6.49. The third-order valence-electron chi connectivity index (χ3n) is 3.20. The molecule has 6 heteroatoms. The minimum absolute atomic E-state index is 0.540. The van der Waals surface area contributed by atoms with Gasteiger partial charge in [-0.2, -0.15) is 0 Å². The zero-order chi connectivity index (χ0) is 13.1. The summed E-state index contributed by atoms with van der Waals surface area (Å²) >= 11 is 7.57. The van der Waals surface area contributed by atoms with Crippen molar-refractivity contribution in [3.8, 4) is 0 Å². The van der Waals surface area contributed by atoms with Gasteiger partial charge in [-0.3, -0.25) is 0 Å². The number of aryl methyl sites for hydroxylation is 1. The molecule has 3 rings (SSSR count). The number of aromatic nitrogens is 4. The predicted octanol–water partition coefficient (Wildman–Crippen LogP) is 3.35. The van der Waals surface area contributed by atoms with Crippen LogP contribution in [0, 0.1) is 0 Å². The Morgan fingerprint density at radius 1 is 1.21 bits per heavy atom. The maximum Gasteiger partial charge on any atom is 0.191 e. The highest BCUT2D eigenvalue weighted by Gasteiger charge is 2.15. The van der Waals surface area contributed by atoms with Crippen molar-refractivity contribution in [2.24, 2.45) is 0 Å². The van der Waals surface area contributed by atoms with Gasteiger partial charge in [0.25, 0.3) is 0 Å². The van der Waals surface area contributed by atoms with E-state index in [1.165, 1.54) is 19.3 Å². The van der Waals surface area contributed by atoms with Crippen LogP contribution in [0.15, 0.2) is 23.4 Å². The number of nitrogens with zero attached hydrogens (tertiary/aromatic N) is 4. The molecule has 0 aliphatic carbocycles. The zero-order valence-electron chi connectivity index (χ0n) is 10.5. The monoisotopic (exact) mass is 294 g/mol. The van der Waals surface area contributed by atoms with Gasteiger partial charge in [0, 0.05) is 18.7 Å². The second kappa shape index (κ2) is 5.92. The van der Waals surface area contributed by atoms with Crippen LogP contribution in [0.25, 0.3) is 0 Å². The van der Waals surface area contributed by atoms with Gasteiger partial charge in [0.1, 0.15) is 11.0 Å². The average Bonchev–Trinajstić information content (AvgIpc) is 2.64. The second-order valence-corrected chi connectivity index (χ2v) is 5.93. The molecule has 0 bridgehead atoms. The van der Waals surface area contributed by atoms with E-state index in [0.29, 0.717) is 5.15 Å². The van der Waals surface area contributed by atoms with Gasteiger partial charge in [-0.1, -0.05) is 35.9 Å². The van der Waals surface area contributed by atoms with E-state index in [2.05, 4.69) is 19.7 Å². The largest absolute Gasteiger partial charge is 0.306 e. The van der Waals surface area contributed by atoms with Gasteiger partial charge in [-0.05, 0) is 25.0 Å². The molecule has 3 heterocycles. The van der Waals surface area contributed by atoms with Gasteiger partial charge in [0.05, 0.1) is 5.69 Å². The first kappa shape index (κ1) is 12.9. The molecule has 0 unspecified atom stereocenters. The molecule has 1 aliphatic heterocycles. The van der Waals surface area contributed by atoms with Gasteiger partial charge >= 0.3 is 0 Å². The summed E-state index contributed by atoms with van der Waals surface area (Å²) in [4.78, 5) is 4.29. The van der Waals surface area contributed by atoms with Crippen molar-refractivity contribution in [3.63, 3.8) is 0 Å². The summed E-state index contributed by atoms with van der Waals surface area (Å²) < 4.78 is 2.25. The van der Waals surface area contributed by atoms with E-state index >= 15 is 0 Å². The molecule has 0 saturated carbocycles. The maximum atomic E-state index is 5.89. The Labute approximate surface area is 121 Å². The van der Waals surface area contributed by atoms with E-state index in [0.717, 1.165) is 35.4 Å². The fourth-order valence-electron chi connectivity index (χ4n) is 2.23. The van der Waals surface area contributed by atoms with Crippen molar-refractivity contribution >= 4 is 23.4 Å². The summed E-state index contributed by atoms with van der Waals surface area (Å²) in [6.45, 7) is 1.04. The van der Waals surface area contributed by atoms with Gasteiger partial charge in [-0.15, -0.1) is 10.2 Å². The molecule has 0 N–H and O–H groups in total. The number of hydrogen-bond donors (Lipinski definition) is 0. The molecule has 0 aromatic carbocycles. The highest BCUT2D eigenvalue weighted by atomic mass is 35.5. The van der Waals surface area contributed by atoms with Crippen LogP contribution in [-0.4, -0.2) is 19.7 Å². The molecule has 0 atom stereocenters. The van der Waals surface area contributed by atoms with E-state index in [1.54, 1.807) is 17.8 Å². The highest BCUT2D eigenvalue weighted by Crippen LogP contribution is 2.24. The van der Waals surface area contributed by atoms with Crippen molar-refractivity contribution in [1.82, 2.24) is 19.7 Å². The van der Waals surface area contributed by atoms with E-state index in [-0.39, 0.29) is 0 Å². The fraction of sp³-hybridized carbons (Fsp3) is 0.462. The summed E-state index contributed by atoms with van der Waals surface area (Å²) in [6.07, 6.45) is 4.76. The van der Waals surface area contributed by atoms with Crippen molar-refractivity contribution in [3.05, 3.63) is 34.9 Å². The molecule has 2 aromatic heterocycles. The average molecular weight is 295 g/mol. The molecular formula is C13H15ClN4S. The lowest BCUT2D eigenvalue weighted by atomic mass is 10.2. The molecule has 0 spiro atoms. The van der Waals surface area contributed by atoms with E-state index < -0.39 is 0 Å². The molecule has 0 radical (unpaired) electrons. The molecule has 100 valence electrons. The van der Waals surface area contributed by atoms with Crippen LogP contribution in [0.1, 0.15) is 30.8 Å². The van der Waals surface area contributed by atoms with Crippen LogP contribution in [0.2, 0.25) is 5.15 Å². The highest BCUT2D eigenvalue weighted by molar-refractivity contribution is 7.98. The summed E-state index contributed by atoms with van der Waals surface area (Å²) in [6, 6.07) is 5.70. The van der Waals surface area contributed by atoms with Crippen LogP contribution in [0.3, 0.4) is 0 Å². The minimum Gasteiger partial charge on any atom is -0.306 e. The minimum atomic E-state index is 0.540. The quantitative estimate of drug-likeness (QED) is 0.643. The summed E-state index contributed by atoms with van der Waals surface area (Å²) in [5, 5.41) is 10.1. The number of halogens is 1. The Morgan fingerprint density at radius 2 is 2.16 bits per heavy atom. The van der Waals surface area contributed by atoms with Crippen molar-refractivity contribution in [1.29, 1.82) is 0 Å². The van der Waals surface area contributed by atoms with Gasteiger partial charge in [-0.25, -0.2) is 4.98 Å². The smallest absolute Gasteiger partial charge is 0.191 e. The van der Waals surface area contributed by atoms with Gasteiger partial charge < -0.3 is 4.57 Å². The lowest BCUT2D eigenvalue weighted by molar-refractivity contribution is 0.591. The Bertz CT molecular complexity index is 570. The Balaban J connectivity index is 1.72. The Hall–Kier alpha value is -1.07. The molecule has 1 aliphatic rings. The SMILES string of the molecule is Clc1cccc(CSc2nnc3n2CCCCC3)n1. The molecule has 0 amide bonds. The zero-order valence-corrected chi connectivity index (χ0v) is 12.1. The predicted molar refractivity (Wildman–Crippen MR) is 76.4 cm³/mol. The lowest BCUT2D eigenvalue weighted by Crippen LogP contribution is -2.02. The van der Waals surface area contributed by atoms with Crippen LogP contribution in [-0.2, 0) is 18.7 Å². The van der Waals surface area contributed by atoms with Crippen LogP contribution in [0.5, 0.6) is 0 Å². The molecule has 0 saturated heterocycles. The number of hydrogen-bond acceptors (Lipinski definition) is 4. The van der Waals surface area contributed by atoms with Crippen LogP contribution in [0.4, 0.5) is 0 Å². The van der Waals surface area contributed by atoms with Crippen molar-refractivity contribution in [2.75, 3.05) is 0 Å². The summed E-state index contributed by atoms with van der Waals surface area (Å²) in [7, 11) is 0. The number of pyridine rings is 1. The Morgan fingerprint density at radius 3 is 3.05 bits per heavy atom. The molecule has 0 fully saturated rings. The molecule has 2 aromatic rings. The first-order valence-corrected chi connectivity index (χ1v) is 7.85. The normalized spacial score (nSPS) is 15.0.